The van der Waals surface area contributed by atoms with Gasteiger partial charge in [0.2, 0.25) is 0 Å². The third-order valence-corrected chi connectivity index (χ3v) is 5.79. The molecule has 1 aliphatic heterocycles. The van der Waals surface area contributed by atoms with E-state index in [1.165, 1.54) is 7.11 Å². The number of anilines is 1. The van der Waals surface area contributed by atoms with Crippen molar-refractivity contribution in [3.8, 4) is 11.1 Å². The highest BCUT2D eigenvalue weighted by molar-refractivity contribution is 7.80. The van der Waals surface area contributed by atoms with Crippen LogP contribution in [-0.2, 0) is 16.0 Å². The summed E-state index contributed by atoms with van der Waals surface area (Å²) in [6.45, 7) is 0. The van der Waals surface area contributed by atoms with Crippen LogP contribution >= 0.6 is 12.6 Å². The van der Waals surface area contributed by atoms with Crippen LogP contribution in [0.5, 0.6) is 0 Å². The molecule has 1 N–H and O–H groups in total. The summed E-state index contributed by atoms with van der Waals surface area (Å²) in [7, 11) is 1.34. The predicted octanol–water partition coefficient (Wildman–Crippen LogP) is 4.46. The van der Waals surface area contributed by atoms with Gasteiger partial charge in [-0.3, -0.25) is 9.69 Å². The fraction of sp³-hybridized carbons (Fsp3) is 0.154. The van der Waals surface area contributed by atoms with Crippen LogP contribution in [0, 0.1) is 0 Å². The Morgan fingerprint density at radius 1 is 1.00 bits per heavy atom. The van der Waals surface area contributed by atoms with Crippen molar-refractivity contribution in [2.75, 3.05) is 17.8 Å². The van der Waals surface area contributed by atoms with Crippen molar-refractivity contribution < 1.29 is 14.3 Å². The average Bonchev–Trinajstić information content (AvgIpc) is 2.86. The first-order valence-electron chi connectivity index (χ1n) is 10.4. The number of hydrogen-bond acceptors (Lipinski definition) is 5. The summed E-state index contributed by atoms with van der Waals surface area (Å²) in [4.78, 5) is 27.8. The summed E-state index contributed by atoms with van der Waals surface area (Å²) in [6.07, 6.45) is 2.56. The molecule has 0 radical (unpaired) electrons. The Kier molecular flexibility index (Phi) is 6.61. The number of nitrogens with zero attached hydrogens (tertiary/aromatic N) is 1. The molecule has 0 spiro atoms. The van der Waals surface area contributed by atoms with Crippen LogP contribution in [0.1, 0.15) is 15.9 Å². The van der Waals surface area contributed by atoms with E-state index in [-0.39, 0.29) is 11.7 Å². The zero-order chi connectivity index (χ0) is 22.5. The second-order valence-electron chi connectivity index (χ2n) is 7.38. The van der Waals surface area contributed by atoms with Gasteiger partial charge in [0.25, 0.3) is 5.91 Å². The van der Waals surface area contributed by atoms with Gasteiger partial charge >= 0.3 is 5.97 Å². The fourth-order valence-corrected chi connectivity index (χ4v) is 4.07. The predicted molar refractivity (Wildman–Crippen MR) is 130 cm³/mol. The molecule has 4 rings (SSSR count). The van der Waals surface area contributed by atoms with Crippen molar-refractivity contribution in [3.63, 3.8) is 0 Å². The number of allylic oxidation sites excluding steroid dienone is 1. The number of methoxy groups -OCH3 is 1. The molecule has 0 bridgehead atoms. The Morgan fingerprint density at radius 2 is 1.69 bits per heavy atom. The maximum absolute atomic E-state index is 14.0. The van der Waals surface area contributed by atoms with Crippen molar-refractivity contribution in [3.05, 3.63) is 102 Å². The van der Waals surface area contributed by atoms with Crippen LogP contribution in [0.3, 0.4) is 0 Å². The molecule has 32 heavy (non-hydrogen) atoms. The molecule has 0 saturated heterocycles. The third-order valence-electron chi connectivity index (χ3n) is 5.42. The van der Waals surface area contributed by atoms with Crippen LogP contribution < -0.4 is 10.2 Å². The Morgan fingerprint density at radius 3 is 2.44 bits per heavy atom. The van der Waals surface area contributed by atoms with E-state index in [4.69, 9.17) is 4.74 Å². The summed E-state index contributed by atoms with van der Waals surface area (Å²) < 4.78 is 4.89. The topological polar surface area (TPSA) is 58.6 Å². The summed E-state index contributed by atoms with van der Waals surface area (Å²) in [5.41, 5.74) is 4.20. The number of hydrogen-bond donors (Lipinski definition) is 2. The molecular weight excluding hydrogens is 420 g/mol. The number of ether oxygens (including phenoxy) is 1. The molecule has 0 aromatic heterocycles. The first-order valence-corrected chi connectivity index (χ1v) is 11.0. The molecule has 1 amide bonds. The van der Waals surface area contributed by atoms with Gasteiger partial charge in [0, 0.05) is 11.3 Å². The molecular formula is C26H24N2O3S. The van der Waals surface area contributed by atoms with Crippen LogP contribution in [0.15, 0.2) is 90.8 Å². The Balaban J connectivity index is 1.78. The van der Waals surface area contributed by atoms with Crippen LogP contribution in [0.4, 0.5) is 5.69 Å². The lowest BCUT2D eigenvalue weighted by Gasteiger charge is -2.33. The van der Waals surface area contributed by atoms with Crippen LogP contribution in [0.25, 0.3) is 11.1 Å². The highest BCUT2D eigenvalue weighted by Crippen LogP contribution is 2.33. The van der Waals surface area contributed by atoms with Gasteiger partial charge in [-0.05, 0) is 41.3 Å². The summed E-state index contributed by atoms with van der Waals surface area (Å²) >= 11 is 4.29. The zero-order valence-corrected chi connectivity index (χ0v) is 18.6. The highest BCUT2D eigenvalue weighted by atomic mass is 32.1. The number of benzene rings is 3. The monoisotopic (exact) mass is 444 g/mol. The van der Waals surface area contributed by atoms with Gasteiger partial charge < -0.3 is 10.1 Å². The van der Waals surface area contributed by atoms with Gasteiger partial charge in [0.15, 0.2) is 0 Å². The maximum atomic E-state index is 14.0. The third kappa shape index (κ3) is 4.27. The second-order valence-corrected chi connectivity index (χ2v) is 7.74. The lowest BCUT2D eigenvalue weighted by molar-refractivity contribution is -0.142. The molecule has 5 nitrogen and oxygen atoms in total. The second kappa shape index (κ2) is 9.75. The maximum Gasteiger partial charge on any atom is 0.329 e. The minimum atomic E-state index is -0.681. The van der Waals surface area contributed by atoms with E-state index in [0.29, 0.717) is 17.8 Å². The number of thiol groups is 1. The van der Waals surface area contributed by atoms with E-state index in [9.17, 15) is 9.59 Å². The van der Waals surface area contributed by atoms with Crippen molar-refractivity contribution in [2.45, 2.75) is 12.5 Å². The SMILES string of the molecule is COC(=O)[C@@H](CS)NC1=CCc2ccccc2N1C(=O)c1ccccc1-c1ccccc1. The van der Waals surface area contributed by atoms with E-state index >= 15 is 0 Å². The smallest absolute Gasteiger partial charge is 0.329 e. The van der Waals surface area contributed by atoms with Crippen LogP contribution in [-0.4, -0.2) is 30.8 Å². The van der Waals surface area contributed by atoms with Gasteiger partial charge in [-0.15, -0.1) is 0 Å². The number of fused-ring (bicyclic) bond motifs is 1. The molecule has 0 aliphatic carbocycles. The number of esters is 1. The minimum absolute atomic E-state index is 0.182. The quantitative estimate of drug-likeness (QED) is 0.435. The summed E-state index contributed by atoms with van der Waals surface area (Å²) in [5.74, 6) is 0.157. The first kappa shape index (κ1) is 21.7. The zero-order valence-electron chi connectivity index (χ0n) is 17.7. The number of para-hydroxylation sites is 1. The van der Waals surface area contributed by atoms with Gasteiger partial charge in [0.1, 0.15) is 11.9 Å². The van der Waals surface area contributed by atoms with Crippen LogP contribution in [0.2, 0.25) is 0 Å². The highest BCUT2D eigenvalue weighted by Gasteiger charge is 2.30. The normalized spacial score (nSPS) is 13.6. The number of amides is 1. The Hall–Kier alpha value is -3.51. The van der Waals surface area contributed by atoms with Gasteiger partial charge in [-0.25, -0.2) is 4.79 Å². The molecule has 1 aliphatic rings. The van der Waals surface area contributed by atoms with Gasteiger partial charge in [0.05, 0.1) is 12.8 Å². The van der Waals surface area contributed by atoms with Crippen molar-refractivity contribution in [1.29, 1.82) is 0 Å². The van der Waals surface area contributed by atoms with Gasteiger partial charge in [-0.2, -0.15) is 12.6 Å². The number of rotatable bonds is 6. The molecule has 1 atom stereocenters. The van der Waals surface area contributed by atoms with Crippen molar-refractivity contribution in [2.24, 2.45) is 0 Å². The fourth-order valence-electron chi connectivity index (χ4n) is 3.83. The number of carbonyl (C=O) groups excluding carboxylic acids is 2. The standard InChI is InChI=1S/C26H24N2O3S/c1-31-26(30)22(17-32)27-24-16-15-19-11-5-8-14-23(19)28(24)25(29)21-13-7-6-12-20(21)18-9-3-2-4-10-18/h2-14,16,22,27,32H,15,17H2,1H3/t22-/m1/s1. The summed E-state index contributed by atoms with van der Waals surface area (Å²) in [5, 5.41) is 3.17. The largest absolute Gasteiger partial charge is 0.467 e. The number of carbonyl (C=O) groups is 2. The molecule has 162 valence electrons. The lowest BCUT2D eigenvalue weighted by Crippen LogP contribution is -2.47. The van der Waals surface area contributed by atoms with Gasteiger partial charge in [-0.1, -0.05) is 66.7 Å². The molecule has 0 fully saturated rings. The lowest BCUT2D eigenvalue weighted by atomic mass is 9.97. The van der Waals surface area contributed by atoms with Crippen molar-refractivity contribution >= 4 is 30.2 Å². The molecule has 6 heteroatoms. The number of nitrogens with one attached hydrogen (secondary N) is 1. The molecule has 3 aromatic rings. The molecule has 0 unspecified atom stereocenters. The minimum Gasteiger partial charge on any atom is -0.467 e. The van der Waals surface area contributed by atoms with E-state index in [2.05, 4.69) is 17.9 Å². The van der Waals surface area contributed by atoms with E-state index in [0.717, 1.165) is 22.4 Å². The molecule has 0 saturated carbocycles. The average molecular weight is 445 g/mol. The van der Waals surface area contributed by atoms with E-state index in [1.807, 2.05) is 84.9 Å². The molecule has 3 aromatic carbocycles. The van der Waals surface area contributed by atoms with E-state index < -0.39 is 12.0 Å². The first-order chi connectivity index (χ1) is 15.6. The Labute approximate surface area is 193 Å². The summed E-state index contributed by atoms with van der Waals surface area (Å²) in [6, 6.07) is 24.5. The molecule has 1 heterocycles. The van der Waals surface area contributed by atoms with Crippen molar-refractivity contribution in [1.82, 2.24) is 5.32 Å². The van der Waals surface area contributed by atoms with E-state index in [1.54, 1.807) is 4.90 Å². The Bertz CT molecular complexity index is 1160.